The molecule has 0 aliphatic carbocycles. The zero-order chi connectivity index (χ0) is 14.3. The SMILES string of the molecule is CC.CC(=O)N1CCN(C(=O)c2cccnc2)CC1. The number of carbonyl (C=O) groups excluding carboxylic acids is 2. The summed E-state index contributed by atoms with van der Waals surface area (Å²) in [5, 5.41) is 0. The fourth-order valence-electron chi connectivity index (χ4n) is 1.90. The lowest BCUT2D eigenvalue weighted by atomic mass is 10.2. The van der Waals surface area contributed by atoms with Crippen molar-refractivity contribution in [3.63, 3.8) is 0 Å². The molecule has 104 valence electrons. The molecular weight excluding hydrogens is 242 g/mol. The van der Waals surface area contributed by atoms with Crippen molar-refractivity contribution in [3.8, 4) is 0 Å². The van der Waals surface area contributed by atoms with E-state index in [2.05, 4.69) is 4.98 Å². The Morgan fingerprint density at radius 2 is 1.68 bits per heavy atom. The Bertz CT molecular complexity index is 412. The minimum absolute atomic E-state index is 0.0127. The number of amides is 2. The van der Waals surface area contributed by atoms with E-state index in [1.165, 1.54) is 0 Å². The van der Waals surface area contributed by atoms with Crippen LogP contribution in [-0.4, -0.2) is 52.8 Å². The van der Waals surface area contributed by atoms with Crippen LogP contribution in [0.4, 0.5) is 0 Å². The van der Waals surface area contributed by atoms with Gasteiger partial charge in [0, 0.05) is 45.5 Å². The maximum absolute atomic E-state index is 12.1. The average Bonchev–Trinajstić information content (AvgIpc) is 2.49. The molecule has 5 heteroatoms. The van der Waals surface area contributed by atoms with Gasteiger partial charge in [0.05, 0.1) is 5.56 Å². The molecule has 1 fully saturated rings. The third-order valence-electron chi connectivity index (χ3n) is 2.92. The summed E-state index contributed by atoms with van der Waals surface area (Å²) < 4.78 is 0. The van der Waals surface area contributed by atoms with E-state index in [1.54, 1.807) is 41.2 Å². The molecule has 1 saturated heterocycles. The summed E-state index contributed by atoms with van der Waals surface area (Å²) in [6.07, 6.45) is 3.21. The first-order valence-corrected chi connectivity index (χ1v) is 6.63. The van der Waals surface area contributed by atoms with Crippen molar-refractivity contribution in [2.45, 2.75) is 20.8 Å². The predicted molar refractivity (Wildman–Crippen MR) is 73.7 cm³/mol. The second kappa shape index (κ2) is 7.51. The maximum Gasteiger partial charge on any atom is 0.255 e. The molecule has 2 heterocycles. The average molecular weight is 263 g/mol. The Morgan fingerprint density at radius 3 is 2.16 bits per heavy atom. The number of hydrogen-bond acceptors (Lipinski definition) is 3. The summed E-state index contributed by atoms with van der Waals surface area (Å²) in [6, 6.07) is 3.51. The van der Waals surface area contributed by atoms with Crippen LogP contribution < -0.4 is 0 Å². The number of hydrogen-bond donors (Lipinski definition) is 0. The van der Waals surface area contributed by atoms with Gasteiger partial charge < -0.3 is 9.80 Å². The second-order valence-electron chi connectivity index (χ2n) is 4.04. The largest absolute Gasteiger partial charge is 0.339 e. The summed E-state index contributed by atoms with van der Waals surface area (Å²) >= 11 is 0. The summed E-state index contributed by atoms with van der Waals surface area (Å²) in [4.78, 5) is 30.7. The standard InChI is InChI=1S/C12H15N3O2.C2H6/c1-10(16)14-5-7-15(8-6-14)12(17)11-3-2-4-13-9-11;1-2/h2-4,9H,5-8H2,1H3;1-2H3. The van der Waals surface area contributed by atoms with Crippen molar-refractivity contribution in [1.82, 2.24) is 14.8 Å². The second-order valence-corrected chi connectivity index (χ2v) is 4.04. The summed E-state index contributed by atoms with van der Waals surface area (Å²) in [6.45, 7) is 7.96. The molecule has 1 aromatic heterocycles. The first-order valence-electron chi connectivity index (χ1n) is 6.63. The van der Waals surface area contributed by atoms with Gasteiger partial charge in [-0.3, -0.25) is 14.6 Å². The maximum atomic E-state index is 12.1. The fourth-order valence-corrected chi connectivity index (χ4v) is 1.90. The van der Waals surface area contributed by atoms with Crippen LogP contribution in [0.25, 0.3) is 0 Å². The molecule has 0 bridgehead atoms. The lowest BCUT2D eigenvalue weighted by Crippen LogP contribution is -2.50. The first-order chi connectivity index (χ1) is 9.18. The minimum atomic E-state index is -0.0127. The van der Waals surface area contributed by atoms with E-state index in [4.69, 9.17) is 0 Å². The Kier molecular flexibility index (Phi) is 5.99. The molecule has 0 saturated carbocycles. The van der Waals surface area contributed by atoms with Gasteiger partial charge in [0.25, 0.3) is 5.91 Å². The van der Waals surface area contributed by atoms with Gasteiger partial charge in [0.1, 0.15) is 0 Å². The van der Waals surface area contributed by atoms with Crippen molar-refractivity contribution in [2.75, 3.05) is 26.2 Å². The highest BCUT2D eigenvalue weighted by atomic mass is 16.2. The molecule has 19 heavy (non-hydrogen) atoms. The van der Waals surface area contributed by atoms with Crippen molar-refractivity contribution < 1.29 is 9.59 Å². The zero-order valence-corrected chi connectivity index (χ0v) is 11.8. The van der Waals surface area contributed by atoms with Crippen LogP contribution in [0.3, 0.4) is 0 Å². The number of piperazine rings is 1. The Labute approximate surface area is 114 Å². The third-order valence-corrected chi connectivity index (χ3v) is 2.92. The van der Waals surface area contributed by atoms with Crippen LogP contribution >= 0.6 is 0 Å². The van der Waals surface area contributed by atoms with Crippen LogP contribution in [0.5, 0.6) is 0 Å². The molecule has 0 spiro atoms. The first kappa shape index (κ1) is 15.1. The Balaban J connectivity index is 0.000000861. The molecular formula is C14H21N3O2. The summed E-state index contributed by atoms with van der Waals surface area (Å²) in [5.74, 6) is 0.0554. The quantitative estimate of drug-likeness (QED) is 0.770. The van der Waals surface area contributed by atoms with E-state index < -0.39 is 0 Å². The van der Waals surface area contributed by atoms with Crippen molar-refractivity contribution >= 4 is 11.8 Å². The van der Waals surface area contributed by atoms with E-state index in [-0.39, 0.29) is 11.8 Å². The third kappa shape index (κ3) is 4.05. The van der Waals surface area contributed by atoms with Crippen molar-refractivity contribution in [3.05, 3.63) is 30.1 Å². The van der Waals surface area contributed by atoms with Gasteiger partial charge in [-0.1, -0.05) is 13.8 Å². The van der Waals surface area contributed by atoms with Gasteiger partial charge in [-0.2, -0.15) is 0 Å². The Hall–Kier alpha value is -1.91. The van der Waals surface area contributed by atoms with Crippen LogP contribution in [0.1, 0.15) is 31.1 Å². The molecule has 2 amide bonds. The van der Waals surface area contributed by atoms with Crippen molar-refractivity contribution in [2.24, 2.45) is 0 Å². The molecule has 1 aliphatic heterocycles. The van der Waals surface area contributed by atoms with Gasteiger partial charge in [0.15, 0.2) is 0 Å². The lowest BCUT2D eigenvalue weighted by Gasteiger charge is -2.34. The number of rotatable bonds is 1. The molecule has 1 aliphatic rings. The highest BCUT2D eigenvalue weighted by Crippen LogP contribution is 2.07. The number of pyridine rings is 1. The molecule has 0 unspecified atom stereocenters. The van der Waals surface area contributed by atoms with Crippen LogP contribution in [0.15, 0.2) is 24.5 Å². The smallest absolute Gasteiger partial charge is 0.255 e. The topological polar surface area (TPSA) is 53.5 Å². The van der Waals surface area contributed by atoms with Crippen LogP contribution in [-0.2, 0) is 4.79 Å². The van der Waals surface area contributed by atoms with Crippen molar-refractivity contribution in [1.29, 1.82) is 0 Å². The predicted octanol–water partition coefficient (Wildman–Crippen LogP) is 1.41. The molecule has 0 aromatic carbocycles. The summed E-state index contributed by atoms with van der Waals surface area (Å²) in [5.41, 5.74) is 0.601. The molecule has 0 N–H and O–H groups in total. The highest BCUT2D eigenvalue weighted by Gasteiger charge is 2.22. The highest BCUT2D eigenvalue weighted by molar-refractivity contribution is 5.94. The monoisotopic (exact) mass is 263 g/mol. The van der Waals surface area contributed by atoms with Crippen LogP contribution in [0, 0.1) is 0 Å². The van der Waals surface area contributed by atoms with Gasteiger partial charge in [-0.25, -0.2) is 0 Å². The van der Waals surface area contributed by atoms with Gasteiger partial charge in [-0.15, -0.1) is 0 Å². The van der Waals surface area contributed by atoms with E-state index in [9.17, 15) is 9.59 Å². The molecule has 2 rings (SSSR count). The number of carbonyl (C=O) groups is 2. The van der Waals surface area contributed by atoms with E-state index in [1.807, 2.05) is 13.8 Å². The van der Waals surface area contributed by atoms with E-state index in [0.717, 1.165) is 0 Å². The normalized spacial score (nSPS) is 14.5. The molecule has 1 aromatic rings. The van der Waals surface area contributed by atoms with Gasteiger partial charge >= 0.3 is 0 Å². The lowest BCUT2D eigenvalue weighted by molar-refractivity contribution is -0.130. The summed E-state index contributed by atoms with van der Waals surface area (Å²) in [7, 11) is 0. The van der Waals surface area contributed by atoms with Gasteiger partial charge in [-0.05, 0) is 12.1 Å². The molecule has 0 radical (unpaired) electrons. The van der Waals surface area contributed by atoms with E-state index in [0.29, 0.717) is 31.7 Å². The number of aromatic nitrogens is 1. The molecule has 0 atom stereocenters. The number of nitrogens with zero attached hydrogens (tertiary/aromatic N) is 3. The Morgan fingerprint density at radius 1 is 1.11 bits per heavy atom. The zero-order valence-electron chi connectivity index (χ0n) is 11.8. The molecule has 5 nitrogen and oxygen atoms in total. The fraction of sp³-hybridized carbons (Fsp3) is 0.500. The minimum Gasteiger partial charge on any atom is -0.339 e. The van der Waals surface area contributed by atoms with Gasteiger partial charge in [0.2, 0.25) is 5.91 Å². The van der Waals surface area contributed by atoms with Crippen LogP contribution in [0.2, 0.25) is 0 Å². The van der Waals surface area contributed by atoms with E-state index >= 15 is 0 Å².